The van der Waals surface area contributed by atoms with Crippen molar-refractivity contribution in [1.29, 1.82) is 0 Å². The molecule has 76 valence electrons. The van der Waals surface area contributed by atoms with Crippen molar-refractivity contribution in [2.24, 2.45) is 0 Å². The molecule has 14 heavy (non-hydrogen) atoms. The smallest absolute Gasteiger partial charge is 0.0267 e. The number of pyridine rings is 1. The molecule has 0 spiro atoms. The number of likely N-dealkylation sites (tertiary alicyclic amines) is 1. The van der Waals surface area contributed by atoms with Crippen molar-refractivity contribution in [3.8, 4) is 0 Å². The molecule has 1 saturated heterocycles. The van der Waals surface area contributed by atoms with Crippen LogP contribution in [0.25, 0.3) is 0 Å². The summed E-state index contributed by atoms with van der Waals surface area (Å²) in [6.07, 6.45) is 8.24. The molecule has 0 bridgehead atoms. The molecule has 0 amide bonds. The molecule has 2 rings (SSSR count). The molecule has 2 nitrogen and oxygen atoms in total. The average Bonchev–Trinajstić information content (AvgIpc) is 2.75. The van der Waals surface area contributed by atoms with Gasteiger partial charge in [-0.25, -0.2) is 0 Å². The Kier molecular flexibility index (Phi) is 5.68. The molecular formula is C12H18N2. The Morgan fingerprint density at radius 3 is 2.14 bits per heavy atom. The molecule has 1 aromatic heterocycles. The molecule has 0 atom stereocenters. The standard InChI is InChI=1S/C7H13N.C5H5N/c1-2-5-8-6-3-4-7-8;1-2-4-6-5-3-1/h2H,1,3-7H2;1-5H. The van der Waals surface area contributed by atoms with Gasteiger partial charge in [-0.1, -0.05) is 12.1 Å². The first-order valence-electron chi connectivity index (χ1n) is 5.11. The maximum absolute atomic E-state index is 3.78. The average molecular weight is 190 g/mol. The number of rotatable bonds is 2. The normalized spacial score (nSPS) is 15.7. The fourth-order valence-corrected chi connectivity index (χ4v) is 1.46. The van der Waals surface area contributed by atoms with Crippen LogP contribution in [0.2, 0.25) is 0 Å². The molecule has 0 saturated carbocycles. The van der Waals surface area contributed by atoms with E-state index in [1.54, 1.807) is 12.4 Å². The van der Waals surface area contributed by atoms with Crippen LogP contribution in [-0.4, -0.2) is 29.5 Å². The quantitative estimate of drug-likeness (QED) is 0.665. The summed E-state index contributed by atoms with van der Waals surface area (Å²) in [6.45, 7) is 7.33. The van der Waals surface area contributed by atoms with Gasteiger partial charge in [0.2, 0.25) is 0 Å². The van der Waals surface area contributed by atoms with E-state index in [1.807, 2.05) is 24.3 Å². The van der Waals surface area contributed by atoms with Crippen molar-refractivity contribution in [2.75, 3.05) is 19.6 Å². The molecule has 0 unspecified atom stereocenters. The summed E-state index contributed by atoms with van der Waals surface area (Å²) in [5, 5.41) is 0. The van der Waals surface area contributed by atoms with Crippen LogP contribution >= 0.6 is 0 Å². The van der Waals surface area contributed by atoms with E-state index >= 15 is 0 Å². The van der Waals surface area contributed by atoms with E-state index in [-0.39, 0.29) is 0 Å². The highest BCUT2D eigenvalue weighted by Crippen LogP contribution is 2.05. The molecule has 1 aromatic rings. The van der Waals surface area contributed by atoms with Crippen LogP contribution < -0.4 is 0 Å². The van der Waals surface area contributed by atoms with Crippen molar-refractivity contribution >= 4 is 0 Å². The maximum atomic E-state index is 3.78. The lowest BCUT2D eigenvalue weighted by Gasteiger charge is -2.09. The second-order valence-electron chi connectivity index (χ2n) is 3.32. The fraction of sp³-hybridized carbons (Fsp3) is 0.417. The molecular weight excluding hydrogens is 172 g/mol. The summed E-state index contributed by atoms with van der Waals surface area (Å²) in [4.78, 5) is 6.21. The van der Waals surface area contributed by atoms with Gasteiger partial charge in [0.25, 0.3) is 0 Å². The van der Waals surface area contributed by atoms with Gasteiger partial charge in [0.15, 0.2) is 0 Å². The van der Waals surface area contributed by atoms with E-state index in [0.717, 1.165) is 6.54 Å². The van der Waals surface area contributed by atoms with Crippen LogP contribution in [0, 0.1) is 0 Å². The Morgan fingerprint density at radius 1 is 1.14 bits per heavy atom. The minimum absolute atomic E-state index is 1.08. The number of nitrogens with zero attached hydrogens (tertiary/aromatic N) is 2. The van der Waals surface area contributed by atoms with Crippen LogP contribution in [0.4, 0.5) is 0 Å². The summed E-state index contributed by atoms with van der Waals surface area (Å²) in [5.41, 5.74) is 0. The Morgan fingerprint density at radius 2 is 1.79 bits per heavy atom. The summed E-state index contributed by atoms with van der Waals surface area (Å²) in [5.74, 6) is 0. The lowest BCUT2D eigenvalue weighted by atomic mass is 10.4. The van der Waals surface area contributed by atoms with Crippen molar-refractivity contribution in [3.05, 3.63) is 43.2 Å². The fourth-order valence-electron chi connectivity index (χ4n) is 1.46. The van der Waals surface area contributed by atoms with E-state index in [2.05, 4.69) is 16.5 Å². The predicted molar refractivity (Wildman–Crippen MR) is 60.1 cm³/mol. The minimum Gasteiger partial charge on any atom is -0.300 e. The van der Waals surface area contributed by atoms with Crippen LogP contribution in [0.5, 0.6) is 0 Å². The first-order chi connectivity index (χ1) is 6.93. The molecule has 1 fully saturated rings. The molecule has 0 aromatic carbocycles. The van der Waals surface area contributed by atoms with E-state index in [4.69, 9.17) is 0 Å². The van der Waals surface area contributed by atoms with Gasteiger partial charge in [-0.3, -0.25) is 9.88 Å². The molecule has 0 radical (unpaired) electrons. The molecule has 0 N–H and O–H groups in total. The van der Waals surface area contributed by atoms with Gasteiger partial charge in [-0.05, 0) is 38.1 Å². The van der Waals surface area contributed by atoms with E-state index in [0.29, 0.717) is 0 Å². The topological polar surface area (TPSA) is 16.1 Å². The van der Waals surface area contributed by atoms with E-state index in [9.17, 15) is 0 Å². The lowest BCUT2D eigenvalue weighted by Crippen LogP contribution is -2.18. The molecule has 1 aliphatic rings. The van der Waals surface area contributed by atoms with E-state index in [1.165, 1.54) is 25.9 Å². The van der Waals surface area contributed by atoms with Gasteiger partial charge in [0.1, 0.15) is 0 Å². The van der Waals surface area contributed by atoms with E-state index < -0.39 is 0 Å². The molecule has 1 aliphatic heterocycles. The predicted octanol–water partition coefficient (Wildman–Crippen LogP) is 2.35. The zero-order valence-electron chi connectivity index (χ0n) is 8.60. The number of hydrogen-bond donors (Lipinski definition) is 0. The van der Waals surface area contributed by atoms with Crippen molar-refractivity contribution in [3.63, 3.8) is 0 Å². The van der Waals surface area contributed by atoms with Crippen LogP contribution in [0.1, 0.15) is 12.8 Å². The third-order valence-corrected chi connectivity index (χ3v) is 2.15. The first-order valence-corrected chi connectivity index (χ1v) is 5.11. The van der Waals surface area contributed by atoms with Gasteiger partial charge in [-0.15, -0.1) is 6.58 Å². The largest absolute Gasteiger partial charge is 0.300 e. The van der Waals surface area contributed by atoms with Crippen LogP contribution in [0.15, 0.2) is 43.2 Å². The third-order valence-electron chi connectivity index (χ3n) is 2.15. The summed E-state index contributed by atoms with van der Waals surface area (Å²) in [6, 6.07) is 5.72. The Labute approximate surface area is 86.3 Å². The Balaban J connectivity index is 0.000000146. The highest BCUT2D eigenvalue weighted by molar-refractivity contribution is 4.88. The monoisotopic (exact) mass is 190 g/mol. The highest BCUT2D eigenvalue weighted by atomic mass is 15.1. The lowest BCUT2D eigenvalue weighted by molar-refractivity contribution is 0.377. The van der Waals surface area contributed by atoms with Crippen LogP contribution in [-0.2, 0) is 0 Å². The maximum Gasteiger partial charge on any atom is 0.0267 e. The zero-order chi connectivity index (χ0) is 10.1. The van der Waals surface area contributed by atoms with Crippen molar-refractivity contribution in [1.82, 2.24) is 9.88 Å². The van der Waals surface area contributed by atoms with Crippen molar-refractivity contribution in [2.45, 2.75) is 12.8 Å². The second-order valence-corrected chi connectivity index (χ2v) is 3.32. The highest BCUT2D eigenvalue weighted by Gasteiger charge is 2.07. The van der Waals surface area contributed by atoms with Gasteiger partial charge in [-0.2, -0.15) is 0 Å². The van der Waals surface area contributed by atoms with Gasteiger partial charge in [0, 0.05) is 18.9 Å². The third kappa shape index (κ3) is 4.77. The Hall–Kier alpha value is -1.15. The number of aromatic nitrogens is 1. The van der Waals surface area contributed by atoms with Crippen LogP contribution in [0.3, 0.4) is 0 Å². The van der Waals surface area contributed by atoms with Gasteiger partial charge < -0.3 is 0 Å². The summed E-state index contributed by atoms with van der Waals surface area (Å²) < 4.78 is 0. The second kappa shape index (κ2) is 7.27. The van der Waals surface area contributed by atoms with Gasteiger partial charge in [0.05, 0.1) is 0 Å². The SMILES string of the molecule is C=CCN1CCCC1.c1ccncc1. The first kappa shape index (κ1) is 10.9. The summed E-state index contributed by atoms with van der Waals surface area (Å²) >= 11 is 0. The zero-order valence-corrected chi connectivity index (χ0v) is 8.60. The molecule has 0 aliphatic carbocycles. The summed E-state index contributed by atoms with van der Waals surface area (Å²) in [7, 11) is 0. The molecule has 2 heteroatoms. The van der Waals surface area contributed by atoms with Crippen molar-refractivity contribution < 1.29 is 0 Å². The number of hydrogen-bond acceptors (Lipinski definition) is 2. The molecule has 2 heterocycles. The minimum atomic E-state index is 1.08. The Bertz CT molecular complexity index is 201. The van der Waals surface area contributed by atoms with Gasteiger partial charge >= 0.3 is 0 Å².